The predicted octanol–water partition coefficient (Wildman–Crippen LogP) is 6.95. The zero-order valence-corrected chi connectivity index (χ0v) is 17.4. The molecule has 0 saturated heterocycles. The molecule has 0 saturated carbocycles. The van der Waals surface area contributed by atoms with E-state index in [9.17, 15) is 0 Å². The van der Waals surface area contributed by atoms with Gasteiger partial charge in [0.1, 0.15) is 0 Å². The first kappa shape index (κ1) is 21.0. The van der Waals surface area contributed by atoms with E-state index >= 15 is 0 Å². The lowest BCUT2D eigenvalue weighted by Crippen LogP contribution is -2.25. The second-order valence-electron chi connectivity index (χ2n) is 8.00. The minimum atomic E-state index is 1.15. The second kappa shape index (κ2) is 12.9. The molecule has 0 aliphatic rings. The van der Waals surface area contributed by atoms with E-state index in [1.54, 1.807) is 0 Å². The van der Waals surface area contributed by atoms with Crippen LogP contribution in [0.2, 0.25) is 0 Å². The normalized spacial score (nSPS) is 11.5. The Kier molecular flexibility index (Phi) is 10.5. The lowest BCUT2D eigenvalue weighted by molar-refractivity contribution is -0.645. The molecule has 0 unspecified atom stereocenters. The van der Waals surface area contributed by atoms with Gasteiger partial charge in [0.2, 0.25) is 6.33 Å². The molecule has 1 aromatic carbocycles. The molecule has 1 aromatic heterocycles. The molecule has 0 fully saturated rings. The van der Waals surface area contributed by atoms with Crippen LogP contribution in [-0.2, 0) is 13.6 Å². The fraction of sp³-hybridized carbons (Fsp3) is 0.708. The van der Waals surface area contributed by atoms with Crippen molar-refractivity contribution in [1.82, 2.24) is 4.57 Å². The van der Waals surface area contributed by atoms with Crippen molar-refractivity contribution in [3.8, 4) is 0 Å². The number of aryl methyl sites for hydroxylation is 2. The number of para-hydroxylation sites is 2. The van der Waals surface area contributed by atoms with Crippen LogP contribution in [0.3, 0.4) is 0 Å². The van der Waals surface area contributed by atoms with Crippen LogP contribution in [0.1, 0.15) is 96.8 Å². The summed E-state index contributed by atoms with van der Waals surface area (Å²) in [5, 5.41) is 0. The molecule has 2 heteroatoms. The number of fused-ring (bicyclic) bond motifs is 1. The highest BCUT2D eigenvalue weighted by atomic mass is 15.1. The van der Waals surface area contributed by atoms with Crippen LogP contribution < -0.4 is 4.57 Å². The van der Waals surface area contributed by atoms with Crippen molar-refractivity contribution < 1.29 is 4.57 Å². The molecule has 0 atom stereocenters. The topological polar surface area (TPSA) is 8.81 Å². The van der Waals surface area contributed by atoms with Crippen LogP contribution >= 0.6 is 0 Å². The maximum atomic E-state index is 2.41. The Morgan fingerprint density at radius 2 is 1.19 bits per heavy atom. The van der Waals surface area contributed by atoms with Crippen LogP contribution in [0.15, 0.2) is 30.6 Å². The average Bonchev–Trinajstić information content (AvgIpc) is 2.98. The molecule has 0 bridgehead atoms. The molecule has 2 aromatic rings. The Bertz CT molecular complexity index is 599. The molecule has 1 heterocycles. The van der Waals surface area contributed by atoms with E-state index in [4.69, 9.17) is 0 Å². The largest absolute Gasteiger partial charge is 0.244 e. The zero-order valence-electron chi connectivity index (χ0n) is 17.4. The summed E-state index contributed by atoms with van der Waals surface area (Å²) in [6.07, 6.45) is 22.2. The van der Waals surface area contributed by atoms with E-state index in [1.165, 1.54) is 101 Å². The molecule has 0 spiro atoms. The number of imidazole rings is 1. The Hall–Kier alpha value is -1.31. The molecular formula is C24H41N2+. The Morgan fingerprint density at radius 1 is 0.692 bits per heavy atom. The van der Waals surface area contributed by atoms with Crippen molar-refractivity contribution in [2.75, 3.05) is 0 Å². The highest BCUT2D eigenvalue weighted by molar-refractivity contribution is 5.71. The summed E-state index contributed by atoms with van der Waals surface area (Å²) in [5.41, 5.74) is 2.70. The highest BCUT2D eigenvalue weighted by Crippen LogP contribution is 2.14. The molecule has 0 N–H and O–H groups in total. The number of hydrogen-bond acceptors (Lipinski definition) is 0. The van der Waals surface area contributed by atoms with E-state index in [0.29, 0.717) is 0 Å². The van der Waals surface area contributed by atoms with E-state index < -0.39 is 0 Å². The number of aromatic nitrogens is 2. The molecule has 0 radical (unpaired) electrons. The summed E-state index contributed by atoms with van der Waals surface area (Å²) < 4.78 is 4.65. The van der Waals surface area contributed by atoms with Crippen LogP contribution in [0, 0.1) is 0 Å². The van der Waals surface area contributed by atoms with Gasteiger partial charge in [0.15, 0.2) is 11.0 Å². The van der Waals surface area contributed by atoms with Gasteiger partial charge >= 0.3 is 0 Å². The van der Waals surface area contributed by atoms with Crippen molar-refractivity contribution in [2.24, 2.45) is 7.05 Å². The average molecular weight is 358 g/mol. The molecule has 0 amide bonds. The monoisotopic (exact) mass is 357 g/mol. The summed E-state index contributed by atoms with van der Waals surface area (Å²) in [7, 11) is 2.14. The SMILES string of the molecule is CCCCCCCCCCCCCCCCn1c[n+](C)c2ccccc21. The van der Waals surface area contributed by atoms with E-state index in [2.05, 4.69) is 53.7 Å². The lowest BCUT2D eigenvalue weighted by Gasteiger charge is -2.03. The van der Waals surface area contributed by atoms with Crippen molar-refractivity contribution in [3.05, 3.63) is 30.6 Å². The number of rotatable bonds is 15. The predicted molar refractivity (Wildman–Crippen MR) is 113 cm³/mol. The maximum Gasteiger partial charge on any atom is 0.244 e. The number of hydrogen-bond donors (Lipinski definition) is 0. The number of nitrogens with zero attached hydrogens (tertiary/aromatic N) is 2. The number of benzene rings is 1. The van der Waals surface area contributed by atoms with E-state index in [0.717, 1.165) is 6.54 Å². The van der Waals surface area contributed by atoms with Crippen molar-refractivity contribution in [2.45, 2.75) is 103 Å². The third-order valence-electron chi connectivity index (χ3n) is 5.64. The Labute approximate surface area is 161 Å². The van der Waals surface area contributed by atoms with Gasteiger partial charge in [-0.25, -0.2) is 9.13 Å². The first-order chi connectivity index (χ1) is 12.8. The van der Waals surface area contributed by atoms with Crippen LogP contribution in [0.25, 0.3) is 11.0 Å². The summed E-state index contributed by atoms with van der Waals surface area (Å²) in [6, 6.07) is 8.71. The zero-order chi connectivity index (χ0) is 18.5. The second-order valence-corrected chi connectivity index (χ2v) is 8.00. The Balaban J connectivity index is 1.43. The molecule has 2 rings (SSSR count). The van der Waals surface area contributed by atoms with Gasteiger partial charge in [0, 0.05) is 0 Å². The third-order valence-corrected chi connectivity index (χ3v) is 5.64. The summed E-state index contributed by atoms with van der Waals surface area (Å²) in [6.45, 7) is 3.45. The fourth-order valence-corrected chi connectivity index (χ4v) is 3.99. The van der Waals surface area contributed by atoms with Crippen LogP contribution in [0.5, 0.6) is 0 Å². The first-order valence-corrected chi connectivity index (χ1v) is 11.3. The highest BCUT2D eigenvalue weighted by Gasteiger charge is 2.11. The van der Waals surface area contributed by atoms with Gasteiger partial charge < -0.3 is 0 Å². The molecule has 26 heavy (non-hydrogen) atoms. The van der Waals surface area contributed by atoms with Gasteiger partial charge in [-0.15, -0.1) is 0 Å². The summed E-state index contributed by atoms with van der Waals surface area (Å²) in [5.74, 6) is 0. The Morgan fingerprint density at radius 3 is 1.77 bits per heavy atom. The fourth-order valence-electron chi connectivity index (χ4n) is 3.99. The van der Waals surface area contributed by atoms with Crippen molar-refractivity contribution in [3.63, 3.8) is 0 Å². The summed E-state index contributed by atoms with van der Waals surface area (Å²) >= 11 is 0. The molecule has 2 nitrogen and oxygen atoms in total. The van der Waals surface area contributed by atoms with Gasteiger partial charge in [-0.3, -0.25) is 0 Å². The minimum Gasteiger partial charge on any atom is -0.233 e. The first-order valence-electron chi connectivity index (χ1n) is 11.3. The third kappa shape index (κ3) is 7.51. The minimum absolute atomic E-state index is 1.15. The van der Waals surface area contributed by atoms with Crippen molar-refractivity contribution >= 4 is 11.0 Å². The molecule has 146 valence electrons. The maximum absolute atomic E-state index is 2.41. The standard InChI is InChI=1S/C24H41N2/c1-3-4-5-6-7-8-9-10-11-12-13-14-15-18-21-26-22-25(2)23-19-16-17-20-24(23)26/h16-17,19-20,22H,3-15,18,21H2,1-2H3/q+1. The van der Waals surface area contributed by atoms with Gasteiger partial charge in [0.05, 0.1) is 13.6 Å². The van der Waals surface area contributed by atoms with Gasteiger partial charge in [0.25, 0.3) is 0 Å². The molecule has 0 aliphatic carbocycles. The smallest absolute Gasteiger partial charge is 0.233 e. The van der Waals surface area contributed by atoms with E-state index in [1.807, 2.05) is 0 Å². The van der Waals surface area contributed by atoms with Gasteiger partial charge in [-0.2, -0.15) is 0 Å². The lowest BCUT2D eigenvalue weighted by atomic mass is 10.0. The quantitative estimate of drug-likeness (QED) is 0.241. The number of unbranched alkanes of at least 4 members (excludes halogenated alkanes) is 13. The van der Waals surface area contributed by atoms with Gasteiger partial charge in [-0.05, 0) is 25.0 Å². The molecule has 0 aliphatic heterocycles. The van der Waals surface area contributed by atoms with Crippen LogP contribution in [0.4, 0.5) is 0 Å². The van der Waals surface area contributed by atoms with Crippen LogP contribution in [-0.4, -0.2) is 4.57 Å². The van der Waals surface area contributed by atoms with Gasteiger partial charge in [-0.1, -0.05) is 96.1 Å². The summed E-state index contributed by atoms with van der Waals surface area (Å²) in [4.78, 5) is 0. The van der Waals surface area contributed by atoms with Crippen molar-refractivity contribution in [1.29, 1.82) is 0 Å². The molecular weight excluding hydrogens is 316 g/mol. The van der Waals surface area contributed by atoms with E-state index in [-0.39, 0.29) is 0 Å².